The van der Waals surface area contributed by atoms with Crippen molar-refractivity contribution in [3.63, 3.8) is 0 Å². The van der Waals surface area contributed by atoms with E-state index in [1.165, 1.54) is 18.9 Å². The number of hydrogen-bond acceptors (Lipinski definition) is 2. The SMILES string of the molecule is Cc1ccc(F)cc1CNCC1(O)CCCCCC1. The Hall–Kier alpha value is -0.930. The van der Waals surface area contributed by atoms with E-state index in [0.717, 1.165) is 36.8 Å². The standard InChI is InChI=1S/C16H24FNO/c1-13-6-7-15(17)10-14(13)11-18-12-16(19)8-4-2-3-5-9-16/h6-7,10,18-19H,2-5,8-9,11-12H2,1H3. The molecule has 1 aliphatic carbocycles. The van der Waals surface area contributed by atoms with E-state index >= 15 is 0 Å². The third-order valence-corrected chi connectivity index (χ3v) is 4.11. The quantitative estimate of drug-likeness (QED) is 0.819. The molecule has 0 heterocycles. The largest absolute Gasteiger partial charge is 0.389 e. The normalized spacial score (nSPS) is 19.1. The summed E-state index contributed by atoms with van der Waals surface area (Å²) in [5, 5.41) is 13.8. The van der Waals surface area contributed by atoms with Crippen LogP contribution in [-0.2, 0) is 6.54 Å². The molecule has 3 heteroatoms. The zero-order chi connectivity index (χ0) is 13.7. The summed E-state index contributed by atoms with van der Waals surface area (Å²) in [6.45, 7) is 3.20. The summed E-state index contributed by atoms with van der Waals surface area (Å²) >= 11 is 0. The van der Waals surface area contributed by atoms with Crippen LogP contribution in [0.15, 0.2) is 18.2 Å². The Labute approximate surface area is 115 Å². The second-order valence-electron chi connectivity index (χ2n) is 5.81. The van der Waals surface area contributed by atoms with Crippen molar-refractivity contribution in [2.45, 2.75) is 57.6 Å². The molecule has 2 N–H and O–H groups in total. The highest BCUT2D eigenvalue weighted by atomic mass is 19.1. The Balaban J connectivity index is 1.86. The summed E-state index contributed by atoms with van der Waals surface area (Å²) in [5.74, 6) is -0.199. The minimum absolute atomic E-state index is 0.199. The van der Waals surface area contributed by atoms with Gasteiger partial charge in [0.05, 0.1) is 5.60 Å². The maximum Gasteiger partial charge on any atom is 0.123 e. The Bertz CT molecular complexity index is 411. The van der Waals surface area contributed by atoms with Crippen LogP contribution in [0.25, 0.3) is 0 Å². The van der Waals surface area contributed by atoms with E-state index in [9.17, 15) is 9.50 Å². The molecule has 106 valence electrons. The van der Waals surface area contributed by atoms with Gasteiger partial charge in [0.15, 0.2) is 0 Å². The molecule has 2 nitrogen and oxygen atoms in total. The highest BCUT2D eigenvalue weighted by molar-refractivity contribution is 5.26. The Kier molecular flexibility index (Phi) is 4.94. The fourth-order valence-corrected chi connectivity index (χ4v) is 2.82. The number of hydrogen-bond donors (Lipinski definition) is 2. The van der Waals surface area contributed by atoms with Crippen molar-refractivity contribution in [3.8, 4) is 0 Å². The number of nitrogens with one attached hydrogen (secondary N) is 1. The third kappa shape index (κ3) is 4.29. The summed E-state index contributed by atoms with van der Waals surface area (Å²) in [5.41, 5.74) is 1.48. The van der Waals surface area contributed by atoms with Gasteiger partial charge in [-0.2, -0.15) is 0 Å². The van der Waals surface area contributed by atoms with Crippen LogP contribution in [0.3, 0.4) is 0 Å². The van der Waals surface area contributed by atoms with Gasteiger partial charge in [0.25, 0.3) is 0 Å². The van der Waals surface area contributed by atoms with Crippen molar-refractivity contribution in [1.29, 1.82) is 0 Å². The molecule has 0 aromatic heterocycles. The number of benzene rings is 1. The molecule has 1 fully saturated rings. The zero-order valence-corrected chi connectivity index (χ0v) is 11.7. The van der Waals surface area contributed by atoms with E-state index in [4.69, 9.17) is 0 Å². The van der Waals surface area contributed by atoms with Crippen LogP contribution in [0.5, 0.6) is 0 Å². The van der Waals surface area contributed by atoms with Gasteiger partial charge in [-0.25, -0.2) is 4.39 Å². The fraction of sp³-hybridized carbons (Fsp3) is 0.625. The lowest BCUT2D eigenvalue weighted by Crippen LogP contribution is -2.40. The van der Waals surface area contributed by atoms with Crippen LogP contribution in [0, 0.1) is 12.7 Å². The van der Waals surface area contributed by atoms with E-state index in [1.54, 1.807) is 12.1 Å². The monoisotopic (exact) mass is 265 g/mol. The van der Waals surface area contributed by atoms with Gasteiger partial charge < -0.3 is 10.4 Å². The van der Waals surface area contributed by atoms with Gasteiger partial charge in [-0.15, -0.1) is 0 Å². The molecule has 1 aliphatic rings. The topological polar surface area (TPSA) is 32.3 Å². The maximum atomic E-state index is 13.2. The number of halogens is 1. The lowest BCUT2D eigenvalue weighted by molar-refractivity contribution is 0.0250. The molecular formula is C16H24FNO. The van der Waals surface area contributed by atoms with Crippen molar-refractivity contribution in [2.75, 3.05) is 6.54 Å². The molecule has 0 bridgehead atoms. The molecule has 0 aliphatic heterocycles. The van der Waals surface area contributed by atoms with Crippen LogP contribution >= 0.6 is 0 Å². The molecule has 19 heavy (non-hydrogen) atoms. The van der Waals surface area contributed by atoms with Gasteiger partial charge in [-0.1, -0.05) is 31.7 Å². The lowest BCUT2D eigenvalue weighted by atomic mass is 9.94. The van der Waals surface area contributed by atoms with Gasteiger partial charge in [0, 0.05) is 13.1 Å². The molecule has 0 unspecified atom stereocenters. The number of aryl methyl sites for hydroxylation is 1. The minimum Gasteiger partial charge on any atom is -0.389 e. The summed E-state index contributed by atoms with van der Waals surface area (Å²) in [4.78, 5) is 0. The van der Waals surface area contributed by atoms with Crippen LogP contribution in [0.4, 0.5) is 4.39 Å². The second-order valence-corrected chi connectivity index (χ2v) is 5.81. The summed E-state index contributed by atoms with van der Waals surface area (Å²) in [6.07, 6.45) is 6.43. The fourth-order valence-electron chi connectivity index (χ4n) is 2.82. The molecule has 2 rings (SSSR count). The maximum absolute atomic E-state index is 13.2. The predicted octanol–water partition coefficient (Wildman–Crippen LogP) is 3.31. The molecule has 0 radical (unpaired) electrons. The van der Waals surface area contributed by atoms with Crippen molar-refractivity contribution < 1.29 is 9.50 Å². The first-order valence-electron chi connectivity index (χ1n) is 7.27. The van der Waals surface area contributed by atoms with Gasteiger partial charge in [0.2, 0.25) is 0 Å². The molecule has 0 amide bonds. The van der Waals surface area contributed by atoms with E-state index < -0.39 is 5.60 Å². The molecule has 0 atom stereocenters. The highest BCUT2D eigenvalue weighted by Gasteiger charge is 2.27. The highest BCUT2D eigenvalue weighted by Crippen LogP contribution is 2.26. The van der Waals surface area contributed by atoms with Crippen LogP contribution < -0.4 is 5.32 Å². The second kappa shape index (κ2) is 6.49. The van der Waals surface area contributed by atoms with Crippen molar-refractivity contribution >= 4 is 0 Å². The van der Waals surface area contributed by atoms with Gasteiger partial charge >= 0.3 is 0 Å². The van der Waals surface area contributed by atoms with Crippen LogP contribution in [0.2, 0.25) is 0 Å². The van der Waals surface area contributed by atoms with Crippen molar-refractivity contribution in [3.05, 3.63) is 35.1 Å². The molecule has 1 saturated carbocycles. The molecule has 0 saturated heterocycles. The number of aliphatic hydroxyl groups is 1. The van der Waals surface area contributed by atoms with E-state index in [1.807, 2.05) is 6.92 Å². The lowest BCUT2D eigenvalue weighted by Gasteiger charge is -2.27. The smallest absolute Gasteiger partial charge is 0.123 e. The average Bonchev–Trinajstić information content (AvgIpc) is 2.59. The van der Waals surface area contributed by atoms with Gasteiger partial charge in [-0.3, -0.25) is 0 Å². The molecular weight excluding hydrogens is 241 g/mol. The predicted molar refractivity (Wildman–Crippen MR) is 75.5 cm³/mol. The van der Waals surface area contributed by atoms with E-state index in [0.29, 0.717) is 13.1 Å². The van der Waals surface area contributed by atoms with Crippen molar-refractivity contribution in [2.24, 2.45) is 0 Å². The number of rotatable bonds is 4. The van der Waals surface area contributed by atoms with E-state index in [-0.39, 0.29) is 5.82 Å². The van der Waals surface area contributed by atoms with Gasteiger partial charge in [0.1, 0.15) is 5.82 Å². The van der Waals surface area contributed by atoms with Crippen LogP contribution in [0.1, 0.15) is 49.7 Å². The Morgan fingerprint density at radius 2 is 1.89 bits per heavy atom. The summed E-state index contributed by atoms with van der Waals surface area (Å²) in [7, 11) is 0. The Morgan fingerprint density at radius 1 is 1.21 bits per heavy atom. The average molecular weight is 265 g/mol. The molecule has 0 spiro atoms. The molecule has 1 aromatic rings. The first kappa shape index (κ1) is 14.5. The summed E-state index contributed by atoms with van der Waals surface area (Å²) in [6, 6.07) is 4.85. The van der Waals surface area contributed by atoms with Crippen molar-refractivity contribution in [1.82, 2.24) is 5.32 Å². The third-order valence-electron chi connectivity index (χ3n) is 4.11. The first-order chi connectivity index (χ1) is 9.09. The zero-order valence-electron chi connectivity index (χ0n) is 11.7. The molecule has 1 aromatic carbocycles. The van der Waals surface area contributed by atoms with E-state index in [2.05, 4.69) is 5.32 Å². The van der Waals surface area contributed by atoms with Crippen LogP contribution in [-0.4, -0.2) is 17.3 Å². The summed E-state index contributed by atoms with van der Waals surface area (Å²) < 4.78 is 13.2. The minimum atomic E-state index is -0.572. The first-order valence-corrected chi connectivity index (χ1v) is 7.27. The Morgan fingerprint density at radius 3 is 2.58 bits per heavy atom. The van der Waals surface area contributed by atoms with Gasteiger partial charge in [-0.05, 0) is 43.0 Å².